The molecular formula is C19H26N2O. The van der Waals surface area contributed by atoms with Gasteiger partial charge in [-0.05, 0) is 51.0 Å². The molecule has 0 aliphatic carbocycles. The number of hydrogen-bond donors (Lipinski definition) is 1. The van der Waals surface area contributed by atoms with Gasteiger partial charge in [-0.3, -0.25) is 0 Å². The van der Waals surface area contributed by atoms with Gasteiger partial charge in [0.25, 0.3) is 0 Å². The Morgan fingerprint density at radius 1 is 1.18 bits per heavy atom. The largest absolute Gasteiger partial charge is 0.460 e. The first kappa shape index (κ1) is 15.3. The lowest BCUT2D eigenvalue weighted by molar-refractivity contribution is 0.337. The Labute approximate surface area is 133 Å². The number of nitrogens with one attached hydrogen (secondary N) is 1. The van der Waals surface area contributed by atoms with E-state index >= 15 is 0 Å². The maximum atomic E-state index is 5.94. The third-order valence-electron chi connectivity index (χ3n) is 4.55. The van der Waals surface area contributed by atoms with Crippen LogP contribution in [0, 0.1) is 12.8 Å². The summed E-state index contributed by atoms with van der Waals surface area (Å²) in [4.78, 5) is 2.52. The molecule has 1 saturated heterocycles. The molecule has 0 saturated carbocycles. The van der Waals surface area contributed by atoms with Crippen LogP contribution in [0.15, 0.2) is 40.8 Å². The zero-order valence-corrected chi connectivity index (χ0v) is 13.6. The predicted molar refractivity (Wildman–Crippen MR) is 90.8 cm³/mol. The lowest BCUT2D eigenvalue weighted by Crippen LogP contribution is -2.26. The van der Waals surface area contributed by atoms with E-state index in [4.69, 9.17) is 4.42 Å². The van der Waals surface area contributed by atoms with Gasteiger partial charge in [-0.1, -0.05) is 36.8 Å². The molecule has 0 bridgehead atoms. The number of aryl methyl sites for hydroxylation is 1. The van der Waals surface area contributed by atoms with Gasteiger partial charge in [0, 0.05) is 12.1 Å². The van der Waals surface area contributed by atoms with Crippen LogP contribution in [0.1, 0.15) is 24.7 Å². The second kappa shape index (κ2) is 7.12. The van der Waals surface area contributed by atoms with Gasteiger partial charge in [-0.25, -0.2) is 0 Å². The van der Waals surface area contributed by atoms with Gasteiger partial charge in [-0.2, -0.15) is 0 Å². The Morgan fingerprint density at radius 2 is 2.00 bits per heavy atom. The molecule has 3 nitrogen and oxygen atoms in total. The number of hydrogen-bond acceptors (Lipinski definition) is 3. The fourth-order valence-electron chi connectivity index (χ4n) is 3.11. The van der Waals surface area contributed by atoms with Crippen LogP contribution in [0.4, 0.5) is 0 Å². The molecule has 118 valence electrons. The van der Waals surface area contributed by atoms with Crippen molar-refractivity contribution < 1.29 is 4.42 Å². The minimum absolute atomic E-state index is 0.784. The quantitative estimate of drug-likeness (QED) is 0.881. The minimum Gasteiger partial charge on any atom is -0.460 e. The van der Waals surface area contributed by atoms with E-state index < -0.39 is 0 Å². The molecule has 1 aliphatic heterocycles. The smallest absolute Gasteiger partial charge is 0.134 e. The second-order valence-electron chi connectivity index (χ2n) is 6.31. The van der Waals surface area contributed by atoms with Crippen LogP contribution in [-0.4, -0.2) is 31.1 Å². The van der Waals surface area contributed by atoms with E-state index in [2.05, 4.69) is 60.5 Å². The molecule has 1 aromatic carbocycles. The fourth-order valence-corrected chi connectivity index (χ4v) is 3.11. The summed E-state index contributed by atoms with van der Waals surface area (Å²) in [7, 11) is 0. The summed E-state index contributed by atoms with van der Waals surface area (Å²) in [6.45, 7) is 9.90. The van der Waals surface area contributed by atoms with Gasteiger partial charge in [0.05, 0.1) is 6.54 Å². The van der Waals surface area contributed by atoms with Gasteiger partial charge in [0.2, 0.25) is 0 Å². The molecule has 1 unspecified atom stereocenters. The Kier molecular flexibility index (Phi) is 4.96. The molecule has 1 aliphatic rings. The van der Waals surface area contributed by atoms with E-state index in [0.29, 0.717) is 0 Å². The first-order valence-electron chi connectivity index (χ1n) is 8.33. The maximum absolute atomic E-state index is 5.94. The standard InChI is InChI=1S/C19H26N2O/c1-3-21-11-10-16(14-21)12-20-13-18-8-9-19(22-18)17-6-4-15(2)5-7-17/h4-9,16,20H,3,10-14H2,1-2H3. The summed E-state index contributed by atoms with van der Waals surface area (Å²) in [5.74, 6) is 2.75. The summed E-state index contributed by atoms with van der Waals surface area (Å²) in [6, 6.07) is 12.6. The highest BCUT2D eigenvalue weighted by atomic mass is 16.3. The Hall–Kier alpha value is -1.58. The maximum Gasteiger partial charge on any atom is 0.134 e. The summed E-state index contributed by atoms with van der Waals surface area (Å²) in [5.41, 5.74) is 2.42. The normalized spacial score (nSPS) is 18.9. The molecule has 0 spiro atoms. The Balaban J connectivity index is 1.49. The fraction of sp³-hybridized carbons (Fsp3) is 0.474. The SMILES string of the molecule is CCN1CCC(CNCc2ccc(-c3ccc(C)cc3)o2)C1. The molecule has 22 heavy (non-hydrogen) atoms. The number of benzene rings is 1. The molecule has 2 aromatic rings. The van der Waals surface area contributed by atoms with Gasteiger partial charge >= 0.3 is 0 Å². The average molecular weight is 298 g/mol. The Morgan fingerprint density at radius 3 is 2.73 bits per heavy atom. The second-order valence-corrected chi connectivity index (χ2v) is 6.31. The van der Waals surface area contributed by atoms with E-state index in [-0.39, 0.29) is 0 Å². The lowest BCUT2D eigenvalue weighted by Gasteiger charge is -2.13. The first-order chi connectivity index (χ1) is 10.7. The number of likely N-dealkylation sites (tertiary alicyclic amines) is 1. The van der Waals surface area contributed by atoms with Crippen molar-refractivity contribution in [3.63, 3.8) is 0 Å². The van der Waals surface area contributed by atoms with Crippen LogP contribution in [0.3, 0.4) is 0 Å². The number of furan rings is 1. The number of rotatable bonds is 6. The van der Waals surface area contributed by atoms with Gasteiger partial charge in [0.15, 0.2) is 0 Å². The number of nitrogens with zero attached hydrogens (tertiary/aromatic N) is 1. The highest BCUT2D eigenvalue weighted by Gasteiger charge is 2.20. The van der Waals surface area contributed by atoms with Crippen molar-refractivity contribution in [1.29, 1.82) is 0 Å². The van der Waals surface area contributed by atoms with Crippen LogP contribution in [0.25, 0.3) is 11.3 Å². The van der Waals surface area contributed by atoms with E-state index in [0.717, 1.165) is 36.1 Å². The van der Waals surface area contributed by atoms with Crippen molar-refractivity contribution in [3.05, 3.63) is 47.7 Å². The van der Waals surface area contributed by atoms with Crippen LogP contribution in [-0.2, 0) is 6.54 Å². The van der Waals surface area contributed by atoms with Gasteiger partial charge in [0.1, 0.15) is 11.5 Å². The molecule has 1 N–H and O–H groups in total. The van der Waals surface area contributed by atoms with E-state index in [1.807, 2.05) is 0 Å². The van der Waals surface area contributed by atoms with Crippen LogP contribution in [0.5, 0.6) is 0 Å². The first-order valence-corrected chi connectivity index (χ1v) is 8.33. The van der Waals surface area contributed by atoms with Crippen molar-refractivity contribution in [1.82, 2.24) is 10.2 Å². The monoisotopic (exact) mass is 298 g/mol. The minimum atomic E-state index is 0.784. The molecule has 1 aromatic heterocycles. The van der Waals surface area contributed by atoms with Crippen molar-refractivity contribution in [2.75, 3.05) is 26.2 Å². The third-order valence-corrected chi connectivity index (χ3v) is 4.55. The van der Waals surface area contributed by atoms with Gasteiger partial charge < -0.3 is 14.6 Å². The zero-order chi connectivity index (χ0) is 15.4. The highest BCUT2D eigenvalue weighted by Crippen LogP contribution is 2.22. The topological polar surface area (TPSA) is 28.4 Å². The van der Waals surface area contributed by atoms with E-state index in [1.165, 1.54) is 31.6 Å². The average Bonchev–Trinajstić information content (AvgIpc) is 3.17. The van der Waals surface area contributed by atoms with Gasteiger partial charge in [-0.15, -0.1) is 0 Å². The lowest BCUT2D eigenvalue weighted by atomic mass is 10.1. The zero-order valence-electron chi connectivity index (χ0n) is 13.6. The van der Waals surface area contributed by atoms with Crippen molar-refractivity contribution in [3.8, 4) is 11.3 Å². The molecule has 1 fully saturated rings. The summed E-state index contributed by atoms with van der Waals surface area (Å²) in [6.07, 6.45) is 1.31. The van der Waals surface area contributed by atoms with Crippen molar-refractivity contribution in [2.24, 2.45) is 5.92 Å². The van der Waals surface area contributed by atoms with Crippen LogP contribution >= 0.6 is 0 Å². The molecule has 3 heteroatoms. The Bertz CT molecular complexity index is 588. The highest BCUT2D eigenvalue weighted by molar-refractivity contribution is 5.57. The molecule has 2 heterocycles. The molecule has 0 amide bonds. The van der Waals surface area contributed by atoms with Crippen molar-refractivity contribution in [2.45, 2.75) is 26.8 Å². The van der Waals surface area contributed by atoms with E-state index in [9.17, 15) is 0 Å². The van der Waals surface area contributed by atoms with Crippen LogP contribution in [0.2, 0.25) is 0 Å². The summed E-state index contributed by atoms with van der Waals surface area (Å²) >= 11 is 0. The molecular weight excluding hydrogens is 272 g/mol. The summed E-state index contributed by atoms with van der Waals surface area (Å²) in [5, 5.41) is 3.54. The summed E-state index contributed by atoms with van der Waals surface area (Å²) < 4.78 is 5.94. The molecule has 1 atom stereocenters. The van der Waals surface area contributed by atoms with Crippen LogP contribution < -0.4 is 5.32 Å². The molecule has 3 rings (SSSR count). The predicted octanol–water partition coefficient (Wildman–Crippen LogP) is 3.69. The van der Waals surface area contributed by atoms with Crippen molar-refractivity contribution >= 4 is 0 Å². The molecule has 0 radical (unpaired) electrons. The van der Waals surface area contributed by atoms with E-state index in [1.54, 1.807) is 0 Å². The third kappa shape index (κ3) is 3.79.